The van der Waals surface area contributed by atoms with Crippen LogP contribution in [0.3, 0.4) is 0 Å². The summed E-state index contributed by atoms with van der Waals surface area (Å²) in [5.74, 6) is 1.07. The highest BCUT2D eigenvalue weighted by molar-refractivity contribution is 7.89. The molecule has 2 N–H and O–H groups in total. The van der Waals surface area contributed by atoms with E-state index in [-0.39, 0.29) is 5.09 Å². The maximum atomic E-state index is 12.1. The minimum Gasteiger partial charge on any atom is -0.447 e. The van der Waals surface area contributed by atoms with Crippen molar-refractivity contribution >= 4 is 10.0 Å². The molecule has 6 nitrogen and oxygen atoms in total. The first kappa shape index (κ1) is 16.5. The van der Waals surface area contributed by atoms with Crippen molar-refractivity contribution in [1.82, 2.24) is 10.0 Å². The third-order valence-corrected chi connectivity index (χ3v) is 5.02. The van der Waals surface area contributed by atoms with Gasteiger partial charge in [-0.15, -0.1) is 0 Å². The molecule has 0 aliphatic heterocycles. The number of hydrogen-bond acceptors (Lipinski definition) is 5. The van der Waals surface area contributed by atoms with E-state index < -0.39 is 10.0 Å². The van der Waals surface area contributed by atoms with Crippen LogP contribution >= 0.6 is 0 Å². The summed E-state index contributed by atoms with van der Waals surface area (Å²) in [6, 6.07) is 3.19. The monoisotopic (exact) mass is 316 g/mol. The van der Waals surface area contributed by atoms with Gasteiger partial charge in [0.25, 0.3) is 10.0 Å². The van der Waals surface area contributed by atoms with Crippen LogP contribution < -0.4 is 10.0 Å². The second kappa shape index (κ2) is 7.93. The lowest BCUT2D eigenvalue weighted by atomic mass is 10.1. The van der Waals surface area contributed by atoms with Gasteiger partial charge in [-0.2, -0.15) is 0 Å². The minimum absolute atomic E-state index is 0.0101. The normalized spacial score (nSPS) is 16.6. The topological polar surface area (TPSA) is 80.6 Å². The van der Waals surface area contributed by atoms with E-state index in [1.54, 1.807) is 13.2 Å². The Morgan fingerprint density at radius 3 is 2.81 bits per heavy atom. The fraction of sp³-hybridized carbons (Fsp3) is 0.714. The molecular formula is C14H24N2O4S. The third kappa shape index (κ3) is 5.10. The van der Waals surface area contributed by atoms with Crippen molar-refractivity contribution in [2.45, 2.75) is 37.3 Å². The lowest BCUT2D eigenvalue weighted by Gasteiger charge is -2.09. The Kier molecular flexibility index (Phi) is 6.22. The van der Waals surface area contributed by atoms with Gasteiger partial charge >= 0.3 is 0 Å². The van der Waals surface area contributed by atoms with E-state index in [1.807, 2.05) is 0 Å². The standard InChI is InChI=1S/C14H24N2O4S/c1-19-9-8-15-11-13-6-7-14(20-13)21(17,18)16-10-12-4-2-3-5-12/h6-7,12,15-16H,2-5,8-11H2,1H3. The van der Waals surface area contributed by atoms with E-state index in [4.69, 9.17) is 9.15 Å². The maximum Gasteiger partial charge on any atom is 0.273 e. The second-order valence-electron chi connectivity index (χ2n) is 5.39. The summed E-state index contributed by atoms with van der Waals surface area (Å²) in [6.07, 6.45) is 4.61. The number of ether oxygens (including phenoxy) is 1. The predicted molar refractivity (Wildman–Crippen MR) is 79.4 cm³/mol. The van der Waals surface area contributed by atoms with Gasteiger partial charge in [-0.3, -0.25) is 0 Å². The highest BCUT2D eigenvalue weighted by Crippen LogP contribution is 2.24. The van der Waals surface area contributed by atoms with Crippen LogP contribution in [-0.4, -0.2) is 35.2 Å². The summed E-state index contributed by atoms with van der Waals surface area (Å²) >= 11 is 0. The number of sulfonamides is 1. The molecule has 0 aromatic carbocycles. The Morgan fingerprint density at radius 1 is 1.33 bits per heavy atom. The summed E-state index contributed by atoms with van der Waals surface area (Å²) in [6.45, 7) is 2.29. The lowest BCUT2D eigenvalue weighted by molar-refractivity contribution is 0.198. The van der Waals surface area contributed by atoms with E-state index in [0.717, 1.165) is 12.8 Å². The first-order valence-electron chi connectivity index (χ1n) is 7.40. The maximum absolute atomic E-state index is 12.1. The molecule has 1 aromatic heterocycles. The minimum atomic E-state index is -3.53. The largest absolute Gasteiger partial charge is 0.447 e. The van der Waals surface area contributed by atoms with Gasteiger partial charge in [-0.1, -0.05) is 12.8 Å². The van der Waals surface area contributed by atoms with E-state index in [0.29, 0.717) is 37.9 Å². The quantitative estimate of drug-likeness (QED) is 0.675. The van der Waals surface area contributed by atoms with Crippen LogP contribution in [0.15, 0.2) is 21.6 Å². The zero-order valence-corrected chi connectivity index (χ0v) is 13.2. The highest BCUT2D eigenvalue weighted by atomic mass is 32.2. The van der Waals surface area contributed by atoms with Gasteiger partial charge < -0.3 is 14.5 Å². The number of nitrogens with one attached hydrogen (secondary N) is 2. The Labute approximate surface area is 126 Å². The zero-order valence-electron chi connectivity index (χ0n) is 12.4. The van der Waals surface area contributed by atoms with Crippen molar-refractivity contribution in [3.63, 3.8) is 0 Å². The van der Waals surface area contributed by atoms with Gasteiger partial charge in [0.05, 0.1) is 13.2 Å². The molecule has 1 heterocycles. The summed E-state index contributed by atoms with van der Waals surface area (Å²) in [5.41, 5.74) is 0. The van der Waals surface area contributed by atoms with Crippen molar-refractivity contribution in [2.75, 3.05) is 26.8 Å². The van der Waals surface area contributed by atoms with Crippen LogP contribution in [0.25, 0.3) is 0 Å². The van der Waals surface area contributed by atoms with Crippen LogP contribution in [0.1, 0.15) is 31.4 Å². The summed E-state index contributed by atoms with van der Waals surface area (Å²) in [4.78, 5) is 0. The van der Waals surface area contributed by atoms with E-state index in [1.165, 1.54) is 18.9 Å². The van der Waals surface area contributed by atoms with Gasteiger partial charge in [-0.25, -0.2) is 13.1 Å². The summed E-state index contributed by atoms with van der Waals surface area (Å²) < 4.78 is 37.2. The molecule has 0 atom stereocenters. The molecule has 0 bridgehead atoms. The Balaban J connectivity index is 1.83. The average molecular weight is 316 g/mol. The second-order valence-corrected chi connectivity index (χ2v) is 7.09. The molecule has 1 aromatic rings. The molecule has 21 heavy (non-hydrogen) atoms. The molecule has 0 unspecified atom stereocenters. The first-order chi connectivity index (χ1) is 10.1. The van der Waals surface area contributed by atoms with Gasteiger partial charge in [0.2, 0.25) is 5.09 Å². The van der Waals surface area contributed by atoms with Gasteiger partial charge in [0.15, 0.2) is 0 Å². The molecule has 2 rings (SSSR count). The molecule has 7 heteroatoms. The molecular weight excluding hydrogens is 292 g/mol. The zero-order chi connectivity index (χ0) is 15.1. The van der Waals surface area contributed by atoms with Crippen molar-refractivity contribution < 1.29 is 17.6 Å². The molecule has 0 saturated heterocycles. The Bertz CT molecular complexity index is 521. The molecule has 1 aliphatic rings. The van der Waals surface area contributed by atoms with Crippen LogP contribution in [0, 0.1) is 5.92 Å². The molecule has 1 fully saturated rings. The van der Waals surface area contributed by atoms with Gasteiger partial charge in [0, 0.05) is 20.2 Å². The smallest absolute Gasteiger partial charge is 0.273 e. The molecule has 0 spiro atoms. The summed E-state index contributed by atoms with van der Waals surface area (Å²) in [5, 5.41) is 3.10. The van der Waals surface area contributed by atoms with E-state index in [2.05, 4.69) is 10.0 Å². The lowest BCUT2D eigenvalue weighted by Crippen LogP contribution is -2.28. The Morgan fingerprint density at radius 2 is 2.10 bits per heavy atom. The number of methoxy groups -OCH3 is 1. The van der Waals surface area contributed by atoms with E-state index in [9.17, 15) is 8.42 Å². The van der Waals surface area contributed by atoms with E-state index >= 15 is 0 Å². The fourth-order valence-electron chi connectivity index (χ4n) is 2.50. The number of rotatable bonds is 9. The SMILES string of the molecule is COCCNCc1ccc(S(=O)(=O)NCC2CCCC2)o1. The fourth-order valence-corrected chi connectivity index (χ4v) is 3.56. The summed E-state index contributed by atoms with van der Waals surface area (Å²) in [7, 11) is -1.90. The highest BCUT2D eigenvalue weighted by Gasteiger charge is 2.22. The van der Waals surface area contributed by atoms with Crippen molar-refractivity contribution in [3.05, 3.63) is 17.9 Å². The molecule has 0 amide bonds. The van der Waals surface area contributed by atoms with Crippen LogP contribution in [0.4, 0.5) is 0 Å². The van der Waals surface area contributed by atoms with Crippen LogP contribution in [-0.2, 0) is 21.3 Å². The Hall–Kier alpha value is -0.890. The molecule has 0 radical (unpaired) electrons. The molecule has 1 aliphatic carbocycles. The van der Waals surface area contributed by atoms with Crippen molar-refractivity contribution in [1.29, 1.82) is 0 Å². The molecule has 1 saturated carbocycles. The molecule has 120 valence electrons. The predicted octanol–water partition coefficient (Wildman–Crippen LogP) is 1.48. The van der Waals surface area contributed by atoms with Crippen LogP contribution in [0.5, 0.6) is 0 Å². The number of furan rings is 1. The van der Waals surface area contributed by atoms with Gasteiger partial charge in [0.1, 0.15) is 5.76 Å². The average Bonchev–Trinajstić information content (AvgIpc) is 3.13. The van der Waals surface area contributed by atoms with Gasteiger partial charge in [-0.05, 0) is 30.9 Å². The van der Waals surface area contributed by atoms with Crippen molar-refractivity contribution in [2.24, 2.45) is 5.92 Å². The number of hydrogen-bond donors (Lipinski definition) is 2. The van der Waals surface area contributed by atoms with Crippen LogP contribution in [0.2, 0.25) is 0 Å². The third-order valence-electron chi connectivity index (χ3n) is 3.72. The van der Waals surface area contributed by atoms with Crippen molar-refractivity contribution in [3.8, 4) is 0 Å². The first-order valence-corrected chi connectivity index (χ1v) is 8.88.